The van der Waals surface area contributed by atoms with Crippen LogP contribution in [0.25, 0.3) is 0 Å². The Morgan fingerprint density at radius 3 is 2.79 bits per heavy atom. The van der Waals surface area contributed by atoms with Crippen LogP contribution in [0.4, 0.5) is 0 Å². The van der Waals surface area contributed by atoms with E-state index >= 15 is 0 Å². The monoisotopic (exact) mass is 260 g/mol. The molecule has 5 heteroatoms. The fourth-order valence-electron chi connectivity index (χ4n) is 1.89. The number of aryl methyl sites for hydroxylation is 2. The molecule has 0 aliphatic carbocycles. The van der Waals surface area contributed by atoms with Crippen molar-refractivity contribution in [3.8, 4) is 11.6 Å². The summed E-state index contributed by atoms with van der Waals surface area (Å²) in [5.41, 5.74) is 3.03. The van der Waals surface area contributed by atoms with Gasteiger partial charge < -0.3 is 10.1 Å². The highest BCUT2D eigenvalue weighted by atomic mass is 16.5. The van der Waals surface area contributed by atoms with Gasteiger partial charge in [0.25, 0.3) is 0 Å². The SMILES string of the molecule is CCNCc1ccnc(Oc2c(C)nn(C)c2C)c1. The zero-order valence-electron chi connectivity index (χ0n) is 11.9. The van der Waals surface area contributed by atoms with Crippen LogP contribution in [0.1, 0.15) is 23.9 Å². The third-order valence-electron chi connectivity index (χ3n) is 3.03. The zero-order chi connectivity index (χ0) is 13.8. The average molecular weight is 260 g/mol. The summed E-state index contributed by atoms with van der Waals surface area (Å²) in [6.45, 7) is 7.77. The van der Waals surface area contributed by atoms with Crippen molar-refractivity contribution in [3.63, 3.8) is 0 Å². The standard InChI is InChI=1S/C14H20N4O/c1-5-15-9-12-6-7-16-13(8-12)19-14-10(2)17-18(4)11(14)3/h6-8,15H,5,9H2,1-4H3. The van der Waals surface area contributed by atoms with Gasteiger partial charge in [-0.25, -0.2) is 4.98 Å². The first kappa shape index (κ1) is 13.5. The van der Waals surface area contributed by atoms with Gasteiger partial charge in [0, 0.05) is 25.9 Å². The molecule has 102 valence electrons. The van der Waals surface area contributed by atoms with E-state index in [1.54, 1.807) is 6.20 Å². The predicted octanol–water partition coefficient (Wildman–Crippen LogP) is 2.33. The summed E-state index contributed by atoms with van der Waals surface area (Å²) < 4.78 is 7.67. The van der Waals surface area contributed by atoms with Crippen LogP contribution in [-0.2, 0) is 13.6 Å². The second-order valence-electron chi connectivity index (χ2n) is 4.51. The number of nitrogens with zero attached hydrogens (tertiary/aromatic N) is 3. The van der Waals surface area contributed by atoms with Gasteiger partial charge in [-0.2, -0.15) is 5.10 Å². The van der Waals surface area contributed by atoms with E-state index in [-0.39, 0.29) is 0 Å². The summed E-state index contributed by atoms with van der Waals surface area (Å²) in [7, 11) is 1.91. The van der Waals surface area contributed by atoms with Gasteiger partial charge in [0.2, 0.25) is 5.88 Å². The van der Waals surface area contributed by atoms with Gasteiger partial charge >= 0.3 is 0 Å². The largest absolute Gasteiger partial charge is 0.435 e. The molecule has 19 heavy (non-hydrogen) atoms. The molecule has 0 amide bonds. The molecule has 2 heterocycles. The fraction of sp³-hybridized carbons (Fsp3) is 0.429. The van der Waals surface area contributed by atoms with Gasteiger partial charge in [0.15, 0.2) is 5.75 Å². The zero-order valence-corrected chi connectivity index (χ0v) is 11.9. The van der Waals surface area contributed by atoms with Gasteiger partial charge in [-0.15, -0.1) is 0 Å². The van der Waals surface area contributed by atoms with E-state index in [9.17, 15) is 0 Å². The lowest BCUT2D eigenvalue weighted by molar-refractivity contribution is 0.454. The van der Waals surface area contributed by atoms with Crippen molar-refractivity contribution >= 4 is 0 Å². The highest BCUT2D eigenvalue weighted by molar-refractivity contribution is 5.35. The van der Waals surface area contributed by atoms with Gasteiger partial charge in [0.1, 0.15) is 5.69 Å². The van der Waals surface area contributed by atoms with Crippen LogP contribution in [0.2, 0.25) is 0 Å². The van der Waals surface area contributed by atoms with Crippen molar-refractivity contribution in [2.45, 2.75) is 27.3 Å². The van der Waals surface area contributed by atoms with Crippen LogP contribution < -0.4 is 10.1 Å². The first-order valence-electron chi connectivity index (χ1n) is 6.45. The van der Waals surface area contributed by atoms with E-state index in [1.807, 2.05) is 37.7 Å². The molecular formula is C14H20N4O. The molecule has 0 radical (unpaired) electrons. The molecule has 0 spiro atoms. The lowest BCUT2D eigenvalue weighted by Gasteiger charge is -2.07. The second kappa shape index (κ2) is 5.84. The van der Waals surface area contributed by atoms with Crippen molar-refractivity contribution < 1.29 is 4.74 Å². The molecule has 2 aromatic heterocycles. The summed E-state index contributed by atoms with van der Waals surface area (Å²) in [4.78, 5) is 4.25. The smallest absolute Gasteiger partial charge is 0.219 e. The summed E-state index contributed by atoms with van der Waals surface area (Å²) in [6, 6.07) is 3.94. The Bertz CT molecular complexity index is 563. The Morgan fingerprint density at radius 2 is 2.16 bits per heavy atom. The third kappa shape index (κ3) is 3.12. The summed E-state index contributed by atoms with van der Waals surface area (Å²) >= 11 is 0. The van der Waals surface area contributed by atoms with Gasteiger partial charge in [-0.05, 0) is 32.0 Å². The maximum absolute atomic E-state index is 5.86. The summed E-state index contributed by atoms with van der Waals surface area (Å²) in [6.07, 6.45) is 1.77. The Morgan fingerprint density at radius 1 is 1.37 bits per heavy atom. The maximum Gasteiger partial charge on any atom is 0.219 e. The van der Waals surface area contributed by atoms with Crippen LogP contribution in [0.3, 0.4) is 0 Å². The number of nitrogens with one attached hydrogen (secondary N) is 1. The Balaban J connectivity index is 2.18. The lowest BCUT2D eigenvalue weighted by atomic mass is 10.2. The van der Waals surface area contributed by atoms with Crippen molar-refractivity contribution in [1.29, 1.82) is 0 Å². The normalized spacial score (nSPS) is 10.7. The minimum atomic E-state index is 0.606. The number of pyridine rings is 1. The molecule has 1 N–H and O–H groups in total. The van der Waals surface area contributed by atoms with E-state index in [1.165, 1.54) is 0 Å². The number of rotatable bonds is 5. The maximum atomic E-state index is 5.86. The molecule has 0 atom stereocenters. The minimum Gasteiger partial charge on any atom is -0.435 e. The quantitative estimate of drug-likeness (QED) is 0.896. The molecule has 0 unspecified atom stereocenters. The highest BCUT2D eigenvalue weighted by Crippen LogP contribution is 2.26. The Labute approximate surface area is 113 Å². The molecule has 5 nitrogen and oxygen atoms in total. The Hall–Kier alpha value is -1.88. The third-order valence-corrected chi connectivity index (χ3v) is 3.03. The molecule has 0 saturated heterocycles. The van der Waals surface area contributed by atoms with Crippen LogP contribution in [0.15, 0.2) is 18.3 Å². The Kier molecular flexibility index (Phi) is 4.16. The highest BCUT2D eigenvalue weighted by Gasteiger charge is 2.12. The van der Waals surface area contributed by atoms with E-state index in [2.05, 4.69) is 22.3 Å². The first-order chi connectivity index (χ1) is 9.11. The van der Waals surface area contributed by atoms with Crippen molar-refractivity contribution in [1.82, 2.24) is 20.1 Å². The minimum absolute atomic E-state index is 0.606. The predicted molar refractivity (Wildman–Crippen MR) is 74.4 cm³/mol. The molecule has 0 aromatic carbocycles. The molecule has 0 aliphatic rings. The molecule has 0 aliphatic heterocycles. The van der Waals surface area contributed by atoms with E-state index in [0.29, 0.717) is 5.88 Å². The number of ether oxygens (including phenoxy) is 1. The van der Waals surface area contributed by atoms with E-state index < -0.39 is 0 Å². The van der Waals surface area contributed by atoms with Gasteiger partial charge in [-0.1, -0.05) is 6.92 Å². The fourth-order valence-corrected chi connectivity index (χ4v) is 1.89. The summed E-state index contributed by atoms with van der Waals surface area (Å²) in [5, 5.41) is 7.61. The molecule has 2 rings (SSSR count). The molecule has 0 fully saturated rings. The van der Waals surface area contributed by atoms with Crippen LogP contribution >= 0.6 is 0 Å². The van der Waals surface area contributed by atoms with E-state index in [4.69, 9.17) is 4.74 Å². The summed E-state index contributed by atoms with van der Waals surface area (Å²) in [5.74, 6) is 1.39. The second-order valence-corrected chi connectivity index (χ2v) is 4.51. The van der Waals surface area contributed by atoms with Crippen molar-refractivity contribution in [2.24, 2.45) is 7.05 Å². The van der Waals surface area contributed by atoms with Crippen LogP contribution in [0.5, 0.6) is 11.6 Å². The number of hydrogen-bond donors (Lipinski definition) is 1. The molecule has 0 bridgehead atoms. The van der Waals surface area contributed by atoms with Crippen molar-refractivity contribution in [2.75, 3.05) is 6.54 Å². The lowest BCUT2D eigenvalue weighted by Crippen LogP contribution is -2.11. The average Bonchev–Trinajstić information content (AvgIpc) is 2.64. The van der Waals surface area contributed by atoms with Crippen molar-refractivity contribution in [3.05, 3.63) is 35.3 Å². The number of hydrogen-bond acceptors (Lipinski definition) is 4. The molecule has 0 saturated carbocycles. The van der Waals surface area contributed by atoms with E-state index in [0.717, 1.165) is 35.8 Å². The van der Waals surface area contributed by atoms with Gasteiger partial charge in [-0.3, -0.25) is 4.68 Å². The topological polar surface area (TPSA) is 52.0 Å². The molecular weight excluding hydrogens is 240 g/mol. The number of aromatic nitrogens is 3. The molecule has 2 aromatic rings. The van der Waals surface area contributed by atoms with Crippen LogP contribution in [0, 0.1) is 13.8 Å². The first-order valence-corrected chi connectivity index (χ1v) is 6.45. The van der Waals surface area contributed by atoms with Gasteiger partial charge in [0.05, 0.1) is 5.69 Å². The van der Waals surface area contributed by atoms with Crippen LogP contribution in [-0.4, -0.2) is 21.3 Å².